The Bertz CT molecular complexity index is 1290. The number of aliphatic carboxylic acids is 1. The van der Waals surface area contributed by atoms with E-state index in [4.69, 9.17) is 0 Å². The van der Waals surface area contributed by atoms with Crippen LogP contribution in [0, 0.1) is 3.57 Å². The molecule has 1 aromatic carbocycles. The molecule has 0 saturated carbocycles. The van der Waals surface area contributed by atoms with Gasteiger partial charge in [0.2, 0.25) is 0 Å². The van der Waals surface area contributed by atoms with E-state index < -0.39 is 25.8 Å². The van der Waals surface area contributed by atoms with Crippen LogP contribution < -0.4 is 0 Å². The maximum Gasteiger partial charge on any atom is 0.341 e. The zero-order valence-electron chi connectivity index (χ0n) is 45.4. The zero-order chi connectivity index (χ0) is 48.5. The Morgan fingerprint density at radius 3 is 0.791 bits per heavy atom. The van der Waals surface area contributed by atoms with Crippen molar-refractivity contribution in [3.05, 3.63) is 31.9 Å². The second kappa shape index (κ2) is 50.0. The van der Waals surface area contributed by atoms with Crippen LogP contribution in [0.1, 0.15) is 351 Å². The van der Waals surface area contributed by atoms with Crippen molar-refractivity contribution in [1.82, 2.24) is 0 Å². The third-order valence-corrected chi connectivity index (χ3v) is 17.2. The quantitative estimate of drug-likeness (QED) is 0.0521. The molecule has 1 aromatic rings. The lowest BCUT2D eigenvalue weighted by atomic mass is 9.88. The molecule has 0 fully saturated rings. The highest BCUT2D eigenvalue weighted by molar-refractivity contribution is 14.2. The second-order valence-corrected chi connectivity index (χ2v) is 23.7. The molecule has 0 amide bonds. The predicted molar refractivity (Wildman–Crippen MR) is 302 cm³/mol. The lowest BCUT2D eigenvalue weighted by molar-refractivity contribution is -0.136. The number of aryl methyl sites for hydroxylation is 2. The Balaban J connectivity index is 2.69. The van der Waals surface area contributed by atoms with Crippen molar-refractivity contribution < 1.29 is 16.0 Å². The third kappa shape index (κ3) is 39.3. The van der Waals surface area contributed by atoms with Crippen molar-refractivity contribution >= 4 is 25.8 Å². The zero-order valence-corrected chi connectivity index (χ0v) is 47.6. The molecule has 5 heteroatoms. The normalized spacial score (nSPS) is 11.7. The minimum Gasteiger partial charge on any atom is -0.481 e. The van der Waals surface area contributed by atoms with Crippen LogP contribution >= 0.6 is 19.8 Å². The molecule has 1 N–H and O–H groups in total. The molecule has 0 unspecified atom stereocenters. The van der Waals surface area contributed by atoms with E-state index in [1.54, 1.807) is 0 Å². The smallest absolute Gasteiger partial charge is 0.341 e. The van der Waals surface area contributed by atoms with E-state index in [9.17, 15) is 16.0 Å². The molecule has 4 nitrogen and oxygen atoms in total. The van der Waals surface area contributed by atoms with Crippen LogP contribution in [0.15, 0.2) is 6.07 Å². The SMILES string of the molecule is CCCCCCCCCCCCCCCCCCc1cc(CCCCCCCCCCCCCCCCCC)c(I(=O)=O)c(CC(=O)O)c1CCCCCCCCCCCCCCCCCC. The maximum atomic E-state index is 13.1. The van der Waals surface area contributed by atoms with Gasteiger partial charge in [0.05, 0.1) is 9.99 Å². The van der Waals surface area contributed by atoms with Crippen LogP contribution in [0.25, 0.3) is 0 Å². The molecule has 0 atom stereocenters. The Morgan fingerprint density at radius 1 is 0.328 bits per heavy atom. The van der Waals surface area contributed by atoms with Crippen molar-refractivity contribution in [2.45, 2.75) is 355 Å². The van der Waals surface area contributed by atoms with E-state index in [0.717, 1.165) is 62.5 Å². The summed E-state index contributed by atoms with van der Waals surface area (Å²) in [6, 6.07) is 2.25. The average Bonchev–Trinajstić information content (AvgIpc) is 3.31. The summed E-state index contributed by atoms with van der Waals surface area (Å²) < 4.78 is 26.7. The number of carboxylic acids is 1. The summed E-state index contributed by atoms with van der Waals surface area (Å²) in [5.41, 5.74) is 3.92. The fraction of sp³-hybridized carbons (Fsp3) is 0.887. The Kier molecular flexibility index (Phi) is 47.8. The lowest BCUT2D eigenvalue weighted by Gasteiger charge is -2.19. The highest BCUT2D eigenvalue weighted by Gasteiger charge is 2.23. The van der Waals surface area contributed by atoms with E-state index in [0.29, 0.717) is 9.13 Å². The molecule has 0 aromatic heterocycles. The van der Waals surface area contributed by atoms with Crippen molar-refractivity contribution in [1.29, 1.82) is 0 Å². The van der Waals surface area contributed by atoms with Gasteiger partial charge in [0, 0.05) is 0 Å². The van der Waals surface area contributed by atoms with Gasteiger partial charge in [0.15, 0.2) is 0 Å². The van der Waals surface area contributed by atoms with Crippen LogP contribution in [0.4, 0.5) is 0 Å². The number of hydrogen-bond acceptors (Lipinski definition) is 3. The number of unbranched alkanes of at least 4 members (excludes halogenated alkanes) is 45. The van der Waals surface area contributed by atoms with E-state index in [2.05, 4.69) is 26.8 Å². The Labute approximate surface area is 425 Å². The first-order valence-electron chi connectivity index (χ1n) is 30.4. The molecule has 67 heavy (non-hydrogen) atoms. The number of benzene rings is 1. The molecule has 394 valence electrons. The van der Waals surface area contributed by atoms with Gasteiger partial charge in [0.1, 0.15) is 0 Å². The third-order valence-electron chi connectivity index (χ3n) is 15.0. The average molecular weight is 1050 g/mol. The maximum absolute atomic E-state index is 13.1. The van der Waals surface area contributed by atoms with Gasteiger partial charge in [-0.25, -0.2) is 6.14 Å². The fourth-order valence-corrected chi connectivity index (χ4v) is 12.7. The van der Waals surface area contributed by atoms with Crippen LogP contribution in [-0.4, -0.2) is 11.1 Å². The molecule has 1 rings (SSSR count). The molecule has 0 aliphatic rings. The predicted octanol–water partition coefficient (Wildman–Crippen LogP) is 22.1. The van der Waals surface area contributed by atoms with Crippen molar-refractivity contribution in [3.8, 4) is 0 Å². The topological polar surface area (TPSA) is 71.4 Å². The first kappa shape index (κ1) is 64.0. The molecule has 0 aliphatic carbocycles. The number of halogens is 1. The molecule has 0 heterocycles. The van der Waals surface area contributed by atoms with Crippen molar-refractivity contribution in [3.63, 3.8) is 0 Å². The fourth-order valence-electron chi connectivity index (χ4n) is 10.7. The van der Waals surface area contributed by atoms with E-state index in [-0.39, 0.29) is 6.42 Å². The Morgan fingerprint density at radius 2 is 0.552 bits per heavy atom. The van der Waals surface area contributed by atoms with Gasteiger partial charge in [-0.15, -0.1) is 0 Å². The minimum atomic E-state index is -3.92. The van der Waals surface area contributed by atoms with Gasteiger partial charge >= 0.3 is 25.8 Å². The van der Waals surface area contributed by atoms with E-state index in [1.165, 1.54) is 282 Å². The largest absolute Gasteiger partial charge is 0.481 e. The number of carbonyl (C=O) groups is 1. The van der Waals surface area contributed by atoms with Gasteiger partial charge < -0.3 is 5.11 Å². The first-order valence-corrected chi connectivity index (χ1v) is 33.2. The van der Waals surface area contributed by atoms with Gasteiger partial charge in [-0.2, -0.15) is 0 Å². The molecule has 0 saturated heterocycles. The van der Waals surface area contributed by atoms with Crippen LogP contribution in [0.3, 0.4) is 0 Å². The van der Waals surface area contributed by atoms with Crippen LogP contribution in [0.5, 0.6) is 0 Å². The second-order valence-electron chi connectivity index (χ2n) is 21.4. The molecular weight excluding hydrogens is 936 g/mol. The molecule has 0 bridgehead atoms. The van der Waals surface area contributed by atoms with Crippen molar-refractivity contribution in [2.75, 3.05) is 0 Å². The van der Waals surface area contributed by atoms with Gasteiger partial charge in [0.25, 0.3) is 0 Å². The van der Waals surface area contributed by atoms with E-state index >= 15 is 0 Å². The van der Waals surface area contributed by atoms with Crippen molar-refractivity contribution in [2.24, 2.45) is 0 Å². The van der Waals surface area contributed by atoms with E-state index in [1.807, 2.05) is 0 Å². The number of rotatable bonds is 54. The van der Waals surface area contributed by atoms with Gasteiger partial charge in [-0.05, 0) is 60.8 Å². The molecule has 0 spiro atoms. The molecule has 0 radical (unpaired) electrons. The van der Waals surface area contributed by atoms with Gasteiger partial charge in [-0.3, -0.25) is 4.79 Å². The summed E-state index contributed by atoms with van der Waals surface area (Å²) in [6.07, 6.45) is 66.2. The van der Waals surface area contributed by atoms with Crippen LogP contribution in [0.2, 0.25) is 0 Å². The summed E-state index contributed by atoms with van der Waals surface area (Å²) in [7, 11) is 0. The van der Waals surface area contributed by atoms with Gasteiger partial charge in [-0.1, -0.05) is 316 Å². The number of carboxylic acid groups (broad SMARTS) is 1. The summed E-state index contributed by atoms with van der Waals surface area (Å²) >= 11 is -3.92. The van der Waals surface area contributed by atoms with Crippen LogP contribution in [-0.2, 0) is 36.6 Å². The highest BCUT2D eigenvalue weighted by atomic mass is 127. The lowest BCUT2D eigenvalue weighted by Crippen LogP contribution is -2.12. The molecule has 0 aliphatic heterocycles. The Hall–Kier alpha value is -0.980. The standard InChI is InChI=1S/C62H115IO4/c1-4-7-10-13-16-19-22-25-28-31-34-37-40-43-46-49-52-57-55-58(53-50-47-44-41-38-35-32-29-26-23-20-17-14-11-8-5-2)62(63(66)67)60(56-61(64)65)59(57)54-51-48-45-42-39-36-33-30-27-24-21-18-15-12-9-6-3/h55H,4-54,56H2,1-3H3,(H,64,65). The summed E-state index contributed by atoms with van der Waals surface area (Å²) in [4.78, 5) is 12.4. The summed E-state index contributed by atoms with van der Waals surface area (Å²) in [6.45, 7) is 6.87. The highest BCUT2D eigenvalue weighted by Crippen LogP contribution is 2.35. The first-order chi connectivity index (χ1) is 33.0. The monoisotopic (exact) mass is 1050 g/mol. The summed E-state index contributed by atoms with van der Waals surface area (Å²) in [5.74, 6) is -0.903. The number of hydrogen-bond donors (Lipinski definition) is 1. The summed E-state index contributed by atoms with van der Waals surface area (Å²) in [5, 5.41) is 10.2. The minimum absolute atomic E-state index is 0.166. The molecular formula is C62H115IO4.